The highest BCUT2D eigenvalue weighted by Gasteiger charge is 2.53. The van der Waals surface area contributed by atoms with Crippen LogP contribution in [0.25, 0.3) is 0 Å². The van der Waals surface area contributed by atoms with Gasteiger partial charge in [-0.3, -0.25) is 0 Å². The number of rotatable bonds is 2. The van der Waals surface area contributed by atoms with E-state index < -0.39 is 7.12 Å². The summed E-state index contributed by atoms with van der Waals surface area (Å²) in [6.45, 7) is 10.2. The summed E-state index contributed by atoms with van der Waals surface area (Å²) in [4.78, 5) is 1.82. The first-order valence-corrected chi connectivity index (χ1v) is 6.59. The fourth-order valence-electron chi connectivity index (χ4n) is 2.05. The molecule has 98 valence electrons. The summed E-state index contributed by atoms with van der Waals surface area (Å²) in [5.74, 6) is 0. The van der Waals surface area contributed by atoms with Gasteiger partial charge in [-0.2, -0.15) is 15.0 Å². The van der Waals surface area contributed by atoms with Crippen molar-refractivity contribution >= 4 is 12.7 Å². The summed E-state index contributed by atoms with van der Waals surface area (Å²) < 4.78 is 12.0. The molecule has 0 spiro atoms. The van der Waals surface area contributed by atoms with E-state index in [1.807, 2.05) is 39.4 Å². The molecule has 2 fully saturated rings. The van der Waals surface area contributed by atoms with Crippen LogP contribution in [0.5, 0.6) is 0 Å². The molecular weight excluding hydrogens is 229 g/mol. The van der Waals surface area contributed by atoms with Gasteiger partial charge in [-0.25, -0.2) is 0 Å². The van der Waals surface area contributed by atoms with Crippen LogP contribution in [0.15, 0.2) is 0 Å². The summed E-state index contributed by atoms with van der Waals surface area (Å²) >= 11 is 0. The molecule has 1 aromatic rings. The van der Waals surface area contributed by atoms with E-state index in [4.69, 9.17) is 9.31 Å². The molecule has 0 N–H and O–H groups in total. The third kappa shape index (κ3) is 1.78. The Morgan fingerprint density at radius 1 is 1.11 bits per heavy atom. The van der Waals surface area contributed by atoms with Gasteiger partial charge in [-0.05, 0) is 47.5 Å². The standard InChI is InChI=1S/C12H20BN3O2/c1-8-10(15-16(14-8)9-6-7-9)13-17-11(2,3)12(4,5)18-13/h9H,6-7H2,1-5H3. The van der Waals surface area contributed by atoms with E-state index in [0.717, 1.165) is 11.3 Å². The first kappa shape index (κ1) is 12.2. The average Bonchev–Trinajstić information content (AvgIpc) is 2.96. The minimum atomic E-state index is -0.400. The summed E-state index contributed by atoms with van der Waals surface area (Å²) in [5, 5.41) is 9.00. The van der Waals surface area contributed by atoms with Crippen molar-refractivity contribution < 1.29 is 9.31 Å². The topological polar surface area (TPSA) is 49.2 Å². The number of aryl methyl sites for hydroxylation is 1. The molecule has 2 heterocycles. The molecule has 0 amide bonds. The van der Waals surface area contributed by atoms with Gasteiger partial charge in [0.15, 0.2) is 0 Å². The third-order valence-electron chi connectivity index (χ3n) is 4.18. The van der Waals surface area contributed by atoms with Crippen LogP contribution in [0.4, 0.5) is 0 Å². The summed E-state index contributed by atoms with van der Waals surface area (Å²) in [6, 6.07) is 0.486. The van der Waals surface area contributed by atoms with E-state index in [9.17, 15) is 0 Å². The zero-order valence-corrected chi connectivity index (χ0v) is 11.7. The zero-order valence-electron chi connectivity index (χ0n) is 11.7. The third-order valence-corrected chi connectivity index (χ3v) is 4.18. The number of nitrogens with zero attached hydrogens (tertiary/aromatic N) is 3. The van der Waals surface area contributed by atoms with Crippen molar-refractivity contribution in [2.75, 3.05) is 0 Å². The fourth-order valence-corrected chi connectivity index (χ4v) is 2.05. The monoisotopic (exact) mass is 249 g/mol. The van der Waals surface area contributed by atoms with Crippen molar-refractivity contribution in [1.29, 1.82) is 0 Å². The number of hydrogen-bond acceptors (Lipinski definition) is 4. The predicted molar refractivity (Wildman–Crippen MR) is 68.7 cm³/mol. The molecule has 0 atom stereocenters. The van der Waals surface area contributed by atoms with E-state index in [2.05, 4.69) is 10.2 Å². The maximum atomic E-state index is 6.01. The lowest BCUT2D eigenvalue weighted by Gasteiger charge is -2.32. The lowest BCUT2D eigenvalue weighted by molar-refractivity contribution is 0.00578. The fraction of sp³-hybridized carbons (Fsp3) is 0.833. The van der Waals surface area contributed by atoms with Crippen LogP contribution in [0.3, 0.4) is 0 Å². The van der Waals surface area contributed by atoms with Gasteiger partial charge in [0, 0.05) is 0 Å². The van der Waals surface area contributed by atoms with E-state index in [0.29, 0.717) is 6.04 Å². The van der Waals surface area contributed by atoms with Crippen LogP contribution in [0, 0.1) is 6.92 Å². The maximum absolute atomic E-state index is 6.01. The SMILES string of the molecule is Cc1nn(C2CC2)nc1B1OC(C)(C)C(C)(C)O1. The summed E-state index contributed by atoms with van der Waals surface area (Å²) in [5.41, 5.74) is 1.07. The first-order chi connectivity index (χ1) is 8.30. The van der Waals surface area contributed by atoms with Gasteiger partial charge in [-0.15, -0.1) is 0 Å². The Hall–Kier alpha value is -0.875. The maximum Gasteiger partial charge on any atom is 0.518 e. The molecule has 1 aliphatic heterocycles. The van der Waals surface area contributed by atoms with Gasteiger partial charge in [0.2, 0.25) is 0 Å². The van der Waals surface area contributed by atoms with Crippen LogP contribution >= 0.6 is 0 Å². The summed E-state index contributed by atoms with van der Waals surface area (Å²) in [7, 11) is -0.400. The van der Waals surface area contributed by atoms with Crippen molar-refractivity contribution in [3.63, 3.8) is 0 Å². The molecule has 0 unspecified atom stereocenters. The molecule has 1 aliphatic carbocycles. The van der Waals surface area contributed by atoms with Crippen LogP contribution in [-0.4, -0.2) is 33.3 Å². The quantitative estimate of drug-likeness (QED) is 0.739. The highest BCUT2D eigenvalue weighted by atomic mass is 16.7. The second kappa shape index (κ2) is 3.57. The molecule has 18 heavy (non-hydrogen) atoms. The van der Waals surface area contributed by atoms with Crippen LogP contribution in [-0.2, 0) is 9.31 Å². The minimum Gasteiger partial charge on any atom is -0.398 e. The average molecular weight is 249 g/mol. The lowest BCUT2D eigenvalue weighted by atomic mass is 9.83. The molecule has 0 bridgehead atoms. The second-order valence-electron chi connectivity index (χ2n) is 6.31. The molecule has 1 saturated heterocycles. The van der Waals surface area contributed by atoms with Crippen LogP contribution in [0.1, 0.15) is 52.3 Å². The first-order valence-electron chi connectivity index (χ1n) is 6.59. The Morgan fingerprint density at radius 3 is 2.17 bits per heavy atom. The Labute approximate surface area is 108 Å². The van der Waals surface area contributed by atoms with E-state index in [1.165, 1.54) is 12.8 Å². The zero-order chi connectivity index (χ0) is 13.1. The van der Waals surface area contributed by atoms with Gasteiger partial charge in [-0.1, -0.05) is 0 Å². The molecule has 6 heteroatoms. The predicted octanol–water partition coefficient (Wildman–Crippen LogP) is 1.22. The van der Waals surface area contributed by atoms with Crippen LogP contribution < -0.4 is 5.59 Å². The van der Waals surface area contributed by atoms with E-state index in [-0.39, 0.29) is 11.2 Å². The Balaban J connectivity index is 1.88. The Kier molecular flexibility index (Phi) is 2.42. The van der Waals surface area contributed by atoms with Crippen LogP contribution in [0.2, 0.25) is 0 Å². The number of hydrogen-bond donors (Lipinski definition) is 0. The normalized spacial score (nSPS) is 25.7. The molecule has 2 aliphatic rings. The van der Waals surface area contributed by atoms with Crippen molar-refractivity contribution in [3.05, 3.63) is 5.69 Å². The van der Waals surface area contributed by atoms with Gasteiger partial charge in [0.1, 0.15) is 5.59 Å². The van der Waals surface area contributed by atoms with E-state index in [1.54, 1.807) is 0 Å². The smallest absolute Gasteiger partial charge is 0.398 e. The lowest BCUT2D eigenvalue weighted by Crippen LogP contribution is -2.41. The Morgan fingerprint density at radius 2 is 1.67 bits per heavy atom. The van der Waals surface area contributed by atoms with Gasteiger partial charge < -0.3 is 9.31 Å². The van der Waals surface area contributed by atoms with Crippen molar-refractivity contribution in [1.82, 2.24) is 15.0 Å². The second-order valence-corrected chi connectivity index (χ2v) is 6.31. The molecular formula is C12H20BN3O2. The van der Waals surface area contributed by atoms with Crippen molar-refractivity contribution in [2.45, 2.75) is 64.7 Å². The van der Waals surface area contributed by atoms with Crippen molar-refractivity contribution in [2.24, 2.45) is 0 Å². The van der Waals surface area contributed by atoms with Gasteiger partial charge >= 0.3 is 7.12 Å². The van der Waals surface area contributed by atoms with E-state index >= 15 is 0 Å². The molecule has 1 aromatic heterocycles. The van der Waals surface area contributed by atoms with Gasteiger partial charge in [0.25, 0.3) is 0 Å². The molecule has 1 saturated carbocycles. The highest BCUT2D eigenvalue weighted by molar-refractivity contribution is 6.61. The van der Waals surface area contributed by atoms with Crippen molar-refractivity contribution in [3.8, 4) is 0 Å². The molecule has 0 radical (unpaired) electrons. The minimum absolute atomic E-state index is 0.326. The molecule has 0 aromatic carbocycles. The van der Waals surface area contributed by atoms with Gasteiger partial charge in [0.05, 0.1) is 22.9 Å². The Bertz CT molecular complexity index is 464. The molecule has 5 nitrogen and oxygen atoms in total. The summed E-state index contributed by atoms with van der Waals surface area (Å²) in [6.07, 6.45) is 2.36. The highest BCUT2D eigenvalue weighted by Crippen LogP contribution is 2.37. The molecule has 3 rings (SSSR count). The number of aromatic nitrogens is 3. The largest absolute Gasteiger partial charge is 0.518 e.